The number of rotatable bonds is 5. The summed E-state index contributed by atoms with van der Waals surface area (Å²) in [7, 11) is 0. The minimum Gasteiger partial charge on any atom is -0.302 e. The fourth-order valence-electron chi connectivity index (χ4n) is 1.28. The summed E-state index contributed by atoms with van der Waals surface area (Å²) < 4.78 is 0. The number of hydrogen-bond donors (Lipinski definition) is 1. The Hall–Kier alpha value is -0.980. The molecule has 0 fully saturated rings. The number of nitrogens with one attached hydrogen (secondary N) is 1. The van der Waals surface area contributed by atoms with Crippen molar-refractivity contribution in [3.8, 4) is 6.07 Å². The SMILES string of the molecule is CCNC(C#N)CSc1ccccc1C. The summed E-state index contributed by atoms with van der Waals surface area (Å²) >= 11 is 1.73. The molecule has 1 unspecified atom stereocenters. The molecule has 1 rings (SSSR count). The van der Waals surface area contributed by atoms with E-state index in [1.165, 1.54) is 10.5 Å². The molecule has 1 atom stereocenters. The van der Waals surface area contributed by atoms with E-state index in [4.69, 9.17) is 5.26 Å². The maximum Gasteiger partial charge on any atom is 0.105 e. The van der Waals surface area contributed by atoms with Gasteiger partial charge in [0, 0.05) is 10.6 Å². The molecule has 1 N–H and O–H groups in total. The smallest absolute Gasteiger partial charge is 0.105 e. The molecule has 0 heterocycles. The predicted octanol–water partition coefficient (Wildman–Crippen LogP) is 2.59. The molecule has 1 aromatic carbocycles. The van der Waals surface area contributed by atoms with E-state index in [0.717, 1.165) is 12.3 Å². The van der Waals surface area contributed by atoms with Crippen LogP contribution in [0.1, 0.15) is 12.5 Å². The first-order valence-electron chi connectivity index (χ1n) is 5.09. The van der Waals surface area contributed by atoms with Gasteiger partial charge < -0.3 is 5.32 Å². The van der Waals surface area contributed by atoms with Crippen LogP contribution in [0.3, 0.4) is 0 Å². The Morgan fingerprint density at radius 2 is 2.20 bits per heavy atom. The van der Waals surface area contributed by atoms with Crippen molar-refractivity contribution in [2.75, 3.05) is 12.3 Å². The lowest BCUT2D eigenvalue weighted by Gasteiger charge is -2.10. The predicted molar refractivity (Wildman–Crippen MR) is 65.0 cm³/mol. The van der Waals surface area contributed by atoms with E-state index >= 15 is 0 Å². The lowest BCUT2D eigenvalue weighted by atomic mass is 10.2. The molecule has 0 aliphatic carbocycles. The number of aryl methyl sites for hydroxylation is 1. The van der Waals surface area contributed by atoms with Gasteiger partial charge in [-0.15, -0.1) is 11.8 Å². The van der Waals surface area contributed by atoms with E-state index in [1.54, 1.807) is 11.8 Å². The van der Waals surface area contributed by atoms with Crippen LogP contribution in [-0.2, 0) is 0 Å². The quantitative estimate of drug-likeness (QED) is 0.775. The van der Waals surface area contributed by atoms with Crippen molar-refractivity contribution < 1.29 is 0 Å². The van der Waals surface area contributed by atoms with Gasteiger partial charge in [-0.25, -0.2) is 0 Å². The Morgan fingerprint density at radius 3 is 2.80 bits per heavy atom. The van der Waals surface area contributed by atoms with E-state index in [1.807, 2.05) is 19.1 Å². The van der Waals surface area contributed by atoms with Crippen LogP contribution in [-0.4, -0.2) is 18.3 Å². The zero-order chi connectivity index (χ0) is 11.1. The van der Waals surface area contributed by atoms with Gasteiger partial charge in [0.1, 0.15) is 6.04 Å². The number of nitrogens with zero attached hydrogens (tertiary/aromatic N) is 1. The summed E-state index contributed by atoms with van der Waals surface area (Å²) in [5.74, 6) is 0.801. The van der Waals surface area contributed by atoms with Crippen LogP contribution in [0, 0.1) is 18.3 Å². The maximum atomic E-state index is 8.88. The molecule has 0 saturated carbocycles. The Bertz CT molecular complexity index is 344. The Morgan fingerprint density at radius 1 is 1.47 bits per heavy atom. The van der Waals surface area contributed by atoms with Crippen LogP contribution >= 0.6 is 11.8 Å². The van der Waals surface area contributed by atoms with E-state index in [0.29, 0.717) is 0 Å². The highest BCUT2D eigenvalue weighted by atomic mass is 32.2. The summed E-state index contributed by atoms with van der Waals surface area (Å²) in [5, 5.41) is 12.0. The number of hydrogen-bond acceptors (Lipinski definition) is 3. The average Bonchev–Trinajstić information content (AvgIpc) is 2.26. The molecular weight excluding hydrogens is 204 g/mol. The first-order valence-corrected chi connectivity index (χ1v) is 6.08. The van der Waals surface area contributed by atoms with Crippen molar-refractivity contribution in [2.45, 2.75) is 24.8 Å². The highest BCUT2D eigenvalue weighted by molar-refractivity contribution is 7.99. The molecule has 0 saturated heterocycles. The molecule has 0 aromatic heterocycles. The fraction of sp³-hybridized carbons (Fsp3) is 0.417. The van der Waals surface area contributed by atoms with Crippen LogP contribution in [0.5, 0.6) is 0 Å². The number of nitriles is 1. The topological polar surface area (TPSA) is 35.8 Å². The van der Waals surface area contributed by atoms with Crippen LogP contribution in [0.15, 0.2) is 29.2 Å². The second-order valence-corrected chi connectivity index (χ2v) is 4.38. The highest BCUT2D eigenvalue weighted by Gasteiger charge is 2.06. The summed E-state index contributed by atoms with van der Waals surface area (Å²) in [6, 6.07) is 10.5. The standard InChI is InChI=1S/C12H16N2S/c1-3-14-11(8-13)9-15-12-7-5-4-6-10(12)2/h4-7,11,14H,3,9H2,1-2H3. The van der Waals surface area contributed by atoms with Gasteiger partial charge in [0.2, 0.25) is 0 Å². The van der Waals surface area contributed by atoms with Crippen molar-refractivity contribution >= 4 is 11.8 Å². The zero-order valence-electron chi connectivity index (χ0n) is 9.16. The molecule has 0 radical (unpaired) electrons. The Kier molecular flexibility index (Phi) is 5.23. The summed E-state index contributed by atoms with van der Waals surface area (Å²) in [5.41, 5.74) is 1.27. The summed E-state index contributed by atoms with van der Waals surface area (Å²) in [4.78, 5) is 1.26. The first kappa shape index (κ1) is 12.1. The van der Waals surface area contributed by atoms with Gasteiger partial charge in [-0.2, -0.15) is 5.26 Å². The van der Waals surface area contributed by atoms with Gasteiger partial charge >= 0.3 is 0 Å². The van der Waals surface area contributed by atoms with Crippen LogP contribution in [0.4, 0.5) is 0 Å². The maximum absolute atomic E-state index is 8.88. The third-order valence-corrected chi connectivity index (χ3v) is 3.37. The molecule has 0 aliphatic heterocycles. The van der Waals surface area contributed by atoms with Crippen molar-refractivity contribution in [2.24, 2.45) is 0 Å². The normalized spacial score (nSPS) is 12.1. The van der Waals surface area contributed by atoms with E-state index < -0.39 is 0 Å². The van der Waals surface area contributed by atoms with Gasteiger partial charge in [-0.3, -0.25) is 0 Å². The zero-order valence-corrected chi connectivity index (χ0v) is 9.97. The second kappa shape index (κ2) is 6.49. The molecule has 2 nitrogen and oxygen atoms in total. The number of benzene rings is 1. The fourth-order valence-corrected chi connectivity index (χ4v) is 2.29. The Labute approximate surface area is 95.7 Å². The van der Waals surface area contributed by atoms with Crippen molar-refractivity contribution in [1.29, 1.82) is 5.26 Å². The highest BCUT2D eigenvalue weighted by Crippen LogP contribution is 2.22. The second-order valence-electron chi connectivity index (χ2n) is 3.32. The van der Waals surface area contributed by atoms with Crippen LogP contribution in [0.25, 0.3) is 0 Å². The summed E-state index contributed by atoms with van der Waals surface area (Å²) in [6.45, 7) is 4.95. The van der Waals surface area contributed by atoms with Gasteiger partial charge in [-0.1, -0.05) is 25.1 Å². The Balaban J connectivity index is 2.50. The van der Waals surface area contributed by atoms with E-state index in [2.05, 4.69) is 30.4 Å². The molecule has 80 valence electrons. The molecule has 1 aromatic rings. The van der Waals surface area contributed by atoms with Gasteiger partial charge in [0.15, 0.2) is 0 Å². The lowest BCUT2D eigenvalue weighted by Crippen LogP contribution is -2.29. The van der Waals surface area contributed by atoms with Gasteiger partial charge in [0.05, 0.1) is 6.07 Å². The van der Waals surface area contributed by atoms with Crippen molar-refractivity contribution in [1.82, 2.24) is 5.32 Å². The van der Waals surface area contributed by atoms with E-state index in [-0.39, 0.29) is 6.04 Å². The third-order valence-electron chi connectivity index (χ3n) is 2.11. The van der Waals surface area contributed by atoms with Gasteiger partial charge in [-0.05, 0) is 25.1 Å². The largest absolute Gasteiger partial charge is 0.302 e. The third kappa shape index (κ3) is 3.94. The molecule has 0 bridgehead atoms. The molecule has 0 aliphatic rings. The first-order chi connectivity index (χ1) is 7.27. The van der Waals surface area contributed by atoms with Crippen LogP contribution in [0.2, 0.25) is 0 Å². The molecule has 0 amide bonds. The summed E-state index contributed by atoms with van der Waals surface area (Å²) in [6.07, 6.45) is 0. The molecule has 3 heteroatoms. The molecule has 15 heavy (non-hydrogen) atoms. The average molecular weight is 220 g/mol. The monoisotopic (exact) mass is 220 g/mol. The molecular formula is C12H16N2S. The van der Waals surface area contributed by atoms with Gasteiger partial charge in [0.25, 0.3) is 0 Å². The van der Waals surface area contributed by atoms with Crippen molar-refractivity contribution in [3.63, 3.8) is 0 Å². The minimum atomic E-state index is -0.0559. The lowest BCUT2D eigenvalue weighted by molar-refractivity contribution is 0.677. The van der Waals surface area contributed by atoms with Crippen LogP contribution < -0.4 is 5.32 Å². The minimum absolute atomic E-state index is 0.0559. The van der Waals surface area contributed by atoms with Crippen molar-refractivity contribution in [3.05, 3.63) is 29.8 Å². The molecule has 0 spiro atoms. The van der Waals surface area contributed by atoms with E-state index in [9.17, 15) is 0 Å². The number of thioether (sulfide) groups is 1.